The zero-order valence-electron chi connectivity index (χ0n) is 11.0. The fraction of sp³-hybridized carbons (Fsp3) is 0.154. The number of fused-ring (bicyclic) bond motifs is 1. The van der Waals surface area contributed by atoms with Gasteiger partial charge in [0, 0.05) is 11.2 Å². The molecule has 0 fully saturated rings. The third kappa shape index (κ3) is 2.24. The first-order chi connectivity index (χ1) is 9.56. The van der Waals surface area contributed by atoms with E-state index in [0.717, 1.165) is 20.8 Å². The summed E-state index contributed by atoms with van der Waals surface area (Å²) in [6, 6.07) is 7.89. The molecule has 3 rings (SSSR count). The van der Waals surface area contributed by atoms with Crippen LogP contribution in [-0.4, -0.2) is 25.8 Å². The lowest BCUT2D eigenvalue weighted by atomic mass is 10.2. The molecule has 20 heavy (non-hydrogen) atoms. The van der Waals surface area contributed by atoms with Gasteiger partial charge in [-0.1, -0.05) is 12.1 Å². The second-order valence-corrected chi connectivity index (χ2v) is 6.60. The van der Waals surface area contributed by atoms with E-state index in [-0.39, 0.29) is 5.16 Å². The molecule has 0 bridgehead atoms. The van der Waals surface area contributed by atoms with Crippen LogP contribution in [0.25, 0.3) is 20.8 Å². The highest BCUT2D eigenvalue weighted by molar-refractivity contribution is 7.90. The molecule has 5 nitrogen and oxygen atoms in total. The fourth-order valence-corrected chi connectivity index (χ4v) is 3.50. The third-order valence-electron chi connectivity index (χ3n) is 2.86. The highest BCUT2D eigenvalue weighted by Crippen LogP contribution is 2.34. The van der Waals surface area contributed by atoms with Crippen LogP contribution in [0.4, 0.5) is 5.82 Å². The Hall–Kier alpha value is -1.70. The minimum absolute atomic E-state index is 0.255. The minimum atomic E-state index is -1.25. The van der Waals surface area contributed by atoms with Crippen LogP contribution in [0.2, 0.25) is 0 Å². The van der Waals surface area contributed by atoms with Crippen molar-refractivity contribution in [3.8, 4) is 10.6 Å². The molecule has 1 aromatic carbocycles. The molecule has 0 aliphatic heterocycles. The normalized spacial score (nSPS) is 12.8. The van der Waals surface area contributed by atoms with Crippen LogP contribution in [0, 0.1) is 6.92 Å². The molecule has 1 atom stereocenters. The molecule has 0 radical (unpaired) electrons. The zero-order chi connectivity index (χ0) is 14.3. The van der Waals surface area contributed by atoms with Crippen molar-refractivity contribution < 1.29 is 4.55 Å². The number of aryl methyl sites for hydroxylation is 1. The van der Waals surface area contributed by atoms with E-state index in [9.17, 15) is 4.55 Å². The van der Waals surface area contributed by atoms with Crippen molar-refractivity contribution in [2.75, 3.05) is 12.0 Å². The highest BCUT2D eigenvalue weighted by atomic mass is 32.2. The van der Waals surface area contributed by atoms with Gasteiger partial charge in [-0.05, 0) is 19.1 Å². The largest absolute Gasteiger partial charge is 0.609 e. The molecule has 3 aromatic rings. The SMILES string of the molecule is Cc1nc([S+](C)[O-])nc(N)c1-c1nc2ccccc2s1. The summed E-state index contributed by atoms with van der Waals surface area (Å²) in [5, 5.41) is 1.04. The maximum absolute atomic E-state index is 11.5. The standard InChI is InChI=1S/C13H12N4OS2/c1-7-10(11(14)17-13(15-7)20(2)18)12-16-8-5-3-4-6-9(8)19-12/h3-6H,1-2H3,(H2,14,15,17). The van der Waals surface area contributed by atoms with Gasteiger partial charge in [0.15, 0.2) is 0 Å². The van der Waals surface area contributed by atoms with Crippen LogP contribution < -0.4 is 5.73 Å². The lowest BCUT2D eigenvalue weighted by molar-refractivity contribution is 0.591. The van der Waals surface area contributed by atoms with Gasteiger partial charge in [0.25, 0.3) is 0 Å². The van der Waals surface area contributed by atoms with Crippen molar-refractivity contribution >= 4 is 38.5 Å². The van der Waals surface area contributed by atoms with Crippen LogP contribution in [0.15, 0.2) is 29.4 Å². The first-order valence-corrected chi connectivity index (χ1v) is 8.27. The molecule has 7 heteroatoms. The molecular weight excluding hydrogens is 292 g/mol. The number of hydrogen-bond acceptors (Lipinski definition) is 6. The first-order valence-electron chi connectivity index (χ1n) is 5.89. The van der Waals surface area contributed by atoms with Gasteiger partial charge in [-0.15, -0.1) is 11.3 Å². The Morgan fingerprint density at radius 1 is 1.20 bits per heavy atom. The predicted molar refractivity (Wildman–Crippen MR) is 82.1 cm³/mol. The number of rotatable bonds is 2. The number of nitrogen functional groups attached to an aromatic ring is 1. The molecule has 1 unspecified atom stereocenters. The number of nitrogens with zero attached hydrogens (tertiary/aromatic N) is 3. The maximum Gasteiger partial charge on any atom is 0.344 e. The summed E-state index contributed by atoms with van der Waals surface area (Å²) < 4.78 is 12.5. The molecule has 0 saturated carbocycles. The maximum atomic E-state index is 11.5. The Kier molecular flexibility index (Phi) is 3.33. The van der Waals surface area contributed by atoms with Crippen LogP contribution in [0.1, 0.15) is 5.69 Å². The van der Waals surface area contributed by atoms with E-state index < -0.39 is 11.2 Å². The topological polar surface area (TPSA) is 87.8 Å². The predicted octanol–water partition coefficient (Wildman–Crippen LogP) is 2.38. The summed E-state index contributed by atoms with van der Waals surface area (Å²) in [7, 11) is 0. The lowest BCUT2D eigenvalue weighted by Crippen LogP contribution is -2.09. The zero-order valence-corrected chi connectivity index (χ0v) is 12.6. The second kappa shape index (κ2) is 5.01. The number of aromatic nitrogens is 3. The highest BCUT2D eigenvalue weighted by Gasteiger charge is 2.19. The Bertz CT molecular complexity index is 729. The number of nitrogens with two attached hydrogens (primary N) is 1. The average Bonchev–Trinajstić information content (AvgIpc) is 2.80. The fourth-order valence-electron chi connectivity index (χ4n) is 1.94. The molecule has 0 saturated heterocycles. The van der Waals surface area contributed by atoms with Gasteiger partial charge < -0.3 is 10.3 Å². The van der Waals surface area contributed by atoms with E-state index in [1.165, 1.54) is 6.26 Å². The summed E-state index contributed by atoms with van der Waals surface area (Å²) in [6.07, 6.45) is 1.53. The minimum Gasteiger partial charge on any atom is -0.609 e. The number of benzene rings is 1. The molecule has 0 amide bonds. The van der Waals surface area contributed by atoms with Crippen molar-refractivity contribution in [3.63, 3.8) is 0 Å². The summed E-state index contributed by atoms with van der Waals surface area (Å²) in [4.78, 5) is 12.9. The number of thiazole rings is 1. The van der Waals surface area contributed by atoms with Crippen molar-refractivity contribution in [3.05, 3.63) is 30.0 Å². The van der Waals surface area contributed by atoms with Crippen molar-refractivity contribution in [2.24, 2.45) is 0 Å². The Balaban J connectivity index is 2.18. The monoisotopic (exact) mass is 304 g/mol. The van der Waals surface area contributed by atoms with Gasteiger partial charge in [-0.25, -0.2) is 4.98 Å². The second-order valence-electron chi connectivity index (χ2n) is 4.29. The van der Waals surface area contributed by atoms with Crippen LogP contribution in [-0.2, 0) is 11.2 Å². The molecule has 0 spiro atoms. The first kappa shape index (κ1) is 13.3. The van der Waals surface area contributed by atoms with Gasteiger partial charge >= 0.3 is 5.16 Å². The van der Waals surface area contributed by atoms with Crippen LogP contribution in [0.5, 0.6) is 0 Å². The summed E-state index contributed by atoms with van der Waals surface area (Å²) in [5.41, 5.74) is 8.34. The number of para-hydroxylation sites is 1. The van der Waals surface area contributed by atoms with Crippen molar-refractivity contribution in [1.29, 1.82) is 0 Å². The smallest absolute Gasteiger partial charge is 0.344 e. The van der Waals surface area contributed by atoms with Crippen molar-refractivity contribution in [1.82, 2.24) is 15.0 Å². The molecule has 102 valence electrons. The number of hydrogen-bond donors (Lipinski definition) is 1. The average molecular weight is 304 g/mol. The van der Waals surface area contributed by atoms with Gasteiger partial charge in [0.1, 0.15) is 17.1 Å². The summed E-state index contributed by atoms with van der Waals surface area (Å²) in [6.45, 7) is 1.83. The van der Waals surface area contributed by atoms with Crippen molar-refractivity contribution in [2.45, 2.75) is 12.1 Å². The van der Waals surface area contributed by atoms with Crippen LogP contribution >= 0.6 is 11.3 Å². The third-order valence-corrected chi connectivity index (χ3v) is 4.61. The molecular formula is C13H12N4OS2. The van der Waals surface area contributed by atoms with E-state index in [1.807, 2.05) is 31.2 Å². The van der Waals surface area contributed by atoms with E-state index in [1.54, 1.807) is 11.3 Å². The van der Waals surface area contributed by atoms with E-state index >= 15 is 0 Å². The molecule has 2 N–H and O–H groups in total. The molecule has 2 heterocycles. The van der Waals surface area contributed by atoms with Gasteiger partial charge in [-0.3, -0.25) is 0 Å². The van der Waals surface area contributed by atoms with Crippen LogP contribution in [0.3, 0.4) is 0 Å². The summed E-state index contributed by atoms with van der Waals surface area (Å²) in [5.74, 6) is 0.321. The lowest BCUT2D eigenvalue weighted by Gasteiger charge is -2.08. The van der Waals surface area contributed by atoms with E-state index in [0.29, 0.717) is 11.5 Å². The Morgan fingerprint density at radius 3 is 2.60 bits per heavy atom. The van der Waals surface area contributed by atoms with Gasteiger partial charge in [0.2, 0.25) is 0 Å². The molecule has 0 aliphatic carbocycles. The summed E-state index contributed by atoms with van der Waals surface area (Å²) >= 11 is 0.298. The van der Waals surface area contributed by atoms with E-state index in [2.05, 4.69) is 15.0 Å². The quantitative estimate of drug-likeness (QED) is 0.580. The molecule has 0 aliphatic rings. The van der Waals surface area contributed by atoms with E-state index in [4.69, 9.17) is 5.73 Å². The van der Waals surface area contributed by atoms with Gasteiger partial charge in [0.05, 0.1) is 21.5 Å². The Labute approximate surface area is 123 Å². The molecule has 2 aromatic heterocycles. The van der Waals surface area contributed by atoms with Gasteiger partial charge in [-0.2, -0.15) is 9.97 Å². The Morgan fingerprint density at radius 2 is 1.95 bits per heavy atom. The number of anilines is 1.